The molecule has 3 rings (SSSR count). The van der Waals surface area contributed by atoms with Gasteiger partial charge in [0.05, 0.1) is 0 Å². The summed E-state index contributed by atoms with van der Waals surface area (Å²) in [5, 5.41) is 5.71. The van der Waals surface area contributed by atoms with Crippen molar-refractivity contribution in [3.8, 4) is 5.75 Å². The van der Waals surface area contributed by atoms with E-state index in [1.54, 1.807) is 31.2 Å². The van der Waals surface area contributed by atoms with Crippen LogP contribution in [-0.2, 0) is 16.8 Å². The molecule has 5 nitrogen and oxygen atoms in total. The van der Waals surface area contributed by atoms with Crippen molar-refractivity contribution in [1.82, 2.24) is 5.32 Å². The van der Waals surface area contributed by atoms with E-state index in [9.17, 15) is 9.59 Å². The number of carbonyl (C=O) groups is 2. The number of carbonyl (C=O) groups excluding carboxylic acids is 2. The molecule has 0 saturated carbocycles. The van der Waals surface area contributed by atoms with Gasteiger partial charge in [0.15, 0.2) is 6.10 Å². The number of amides is 2. The fourth-order valence-corrected chi connectivity index (χ4v) is 3.12. The van der Waals surface area contributed by atoms with Crippen LogP contribution < -0.4 is 15.4 Å². The molecule has 0 aliphatic rings. The summed E-state index contributed by atoms with van der Waals surface area (Å²) in [4.78, 5) is 24.8. The lowest BCUT2D eigenvalue weighted by Crippen LogP contribution is -2.30. The molecular formula is C27H30N2O3. The molecule has 2 amide bonds. The molecule has 0 heterocycles. The number of rotatable bonds is 7. The molecule has 1 atom stereocenters. The summed E-state index contributed by atoms with van der Waals surface area (Å²) in [5.41, 5.74) is 3.43. The number of hydrogen-bond acceptors (Lipinski definition) is 3. The first-order chi connectivity index (χ1) is 15.2. The molecule has 0 spiro atoms. The Morgan fingerprint density at radius 2 is 1.50 bits per heavy atom. The van der Waals surface area contributed by atoms with Crippen molar-refractivity contribution < 1.29 is 14.3 Å². The van der Waals surface area contributed by atoms with Crippen LogP contribution in [0, 0.1) is 0 Å². The number of ether oxygens (including phenoxy) is 1. The highest BCUT2D eigenvalue weighted by molar-refractivity contribution is 5.96. The first-order valence-corrected chi connectivity index (χ1v) is 10.7. The molecule has 0 fully saturated rings. The van der Waals surface area contributed by atoms with Crippen LogP contribution in [0.1, 0.15) is 49.2 Å². The van der Waals surface area contributed by atoms with Crippen molar-refractivity contribution in [2.24, 2.45) is 0 Å². The zero-order valence-corrected chi connectivity index (χ0v) is 19.0. The third-order valence-corrected chi connectivity index (χ3v) is 5.11. The van der Waals surface area contributed by atoms with E-state index in [0.29, 0.717) is 23.5 Å². The van der Waals surface area contributed by atoms with Crippen molar-refractivity contribution in [1.29, 1.82) is 0 Å². The van der Waals surface area contributed by atoms with E-state index in [0.717, 1.165) is 5.56 Å². The normalized spacial score (nSPS) is 12.0. The second kappa shape index (κ2) is 10.1. The summed E-state index contributed by atoms with van der Waals surface area (Å²) in [6.45, 7) is 8.62. The Balaban J connectivity index is 1.51. The number of benzene rings is 3. The molecule has 3 aromatic carbocycles. The number of anilines is 1. The van der Waals surface area contributed by atoms with Gasteiger partial charge in [-0.15, -0.1) is 0 Å². The van der Waals surface area contributed by atoms with E-state index in [1.165, 1.54) is 5.56 Å². The highest BCUT2D eigenvalue weighted by Gasteiger charge is 2.17. The second-order valence-electron chi connectivity index (χ2n) is 8.77. The van der Waals surface area contributed by atoms with E-state index in [-0.39, 0.29) is 17.2 Å². The highest BCUT2D eigenvalue weighted by atomic mass is 16.5. The second-order valence-corrected chi connectivity index (χ2v) is 8.77. The maximum atomic E-state index is 12.5. The monoisotopic (exact) mass is 430 g/mol. The fourth-order valence-electron chi connectivity index (χ4n) is 3.12. The third kappa shape index (κ3) is 6.45. The zero-order chi connectivity index (χ0) is 23.1. The van der Waals surface area contributed by atoms with Gasteiger partial charge in [-0.2, -0.15) is 0 Å². The van der Waals surface area contributed by atoms with Crippen LogP contribution in [0.4, 0.5) is 5.69 Å². The average molecular weight is 431 g/mol. The van der Waals surface area contributed by atoms with Gasteiger partial charge in [0.1, 0.15) is 5.75 Å². The van der Waals surface area contributed by atoms with Crippen molar-refractivity contribution in [3.63, 3.8) is 0 Å². The van der Waals surface area contributed by atoms with Crippen LogP contribution in [0.15, 0.2) is 78.9 Å². The van der Waals surface area contributed by atoms with Gasteiger partial charge in [-0.1, -0.05) is 63.2 Å². The summed E-state index contributed by atoms with van der Waals surface area (Å²) < 4.78 is 5.78. The Kier molecular flexibility index (Phi) is 7.31. The average Bonchev–Trinajstić information content (AvgIpc) is 2.78. The zero-order valence-electron chi connectivity index (χ0n) is 19.0. The van der Waals surface area contributed by atoms with E-state index in [1.807, 2.05) is 54.6 Å². The topological polar surface area (TPSA) is 67.4 Å². The van der Waals surface area contributed by atoms with Crippen LogP contribution in [-0.4, -0.2) is 17.9 Å². The molecule has 0 radical (unpaired) electrons. The molecule has 3 aromatic rings. The van der Waals surface area contributed by atoms with E-state index in [2.05, 4.69) is 31.4 Å². The lowest BCUT2D eigenvalue weighted by molar-refractivity contribution is -0.122. The summed E-state index contributed by atoms with van der Waals surface area (Å²) in [7, 11) is 0. The Bertz CT molecular complexity index is 1040. The first-order valence-electron chi connectivity index (χ1n) is 10.7. The number of hydrogen-bond donors (Lipinski definition) is 2. The molecule has 0 aliphatic heterocycles. The quantitative estimate of drug-likeness (QED) is 0.533. The van der Waals surface area contributed by atoms with Crippen molar-refractivity contribution in [2.45, 2.75) is 45.8 Å². The van der Waals surface area contributed by atoms with Gasteiger partial charge in [-0.25, -0.2) is 0 Å². The van der Waals surface area contributed by atoms with Crippen LogP contribution >= 0.6 is 0 Å². The minimum atomic E-state index is -0.663. The third-order valence-electron chi connectivity index (χ3n) is 5.11. The largest absolute Gasteiger partial charge is 0.481 e. The lowest BCUT2D eigenvalue weighted by atomic mass is 9.87. The predicted octanol–water partition coefficient (Wildman–Crippen LogP) is 5.32. The van der Waals surface area contributed by atoms with Crippen LogP contribution in [0.25, 0.3) is 0 Å². The van der Waals surface area contributed by atoms with Gasteiger partial charge in [-0.3, -0.25) is 9.59 Å². The predicted molar refractivity (Wildman–Crippen MR) is 128 cm³/mol. The van der Waals surface area contributed by atoms with Gasteiger partial charge < -0.3 is 15.4 Å². The van der Waals surface area contributed by atoms with Crippen molar-refractivity contribution in [3.05, 3.63) is 95.6 Å². The summed E-state index contributed by atoms with van der Waals surface area (Å²) in [6, 6.07) is 24.3. The van der Waals surface area contributed by atoms with Crippen LogP contribution in [0.5, 0.6) is 5.75 Å². The molecule has 0 aromatic heterocycles. The maximum absolute atomic E-state index is 12.5. The Morgan fingerprint density at radius 3 is 2.09 bits per heavy atom. The first kappa shape index (κ1) is 23.1. The summed E-state index contributed by atoms with van der Waals surface area (Å²) >= 11 is 0. The number of nitrogens with one attached hydrogen (secondary N) is 2. The Morgan fingerprint density at radius 1 is 0.875 bits per heavy atom. The smallest absolute Gasteiger partial charge is 0.265 e. The van der Waals surface area contributed by atoms with Crippen molar-refractivity contribution >= 4 is 17.5 Å². The SMILES string of the molecule is CC(Oc1ccc(C(C)(C)C)cc1)C(=O)Nc1ccc(C(=O)NCc2ccccc2)cc1. The molecule has 0 bridgehead atoms. The minimum Gasteiger partial charge on any atom is -0.481 e. The van der Waals surface area contributed by atoms with Gasteiger partial charge >= 0.3 is 0 Å². The van der Waals surface area contributed by atoms with Gasteiger partial charge in [-0.05, 0) is 59.9 Å². The Labute approximate surface area is 189 Å². The standard InChI is InChI=1S/C27H30N2O3/c1-19(32-24-16-12-22(13-17-24)27(2,3)4)25(30)29-23-14-10-21(11-15-23)26(31)28-18-20-8-6-5-7-9-20/h5-17,19H,18H2,1-4H3,(H,28,31)(H,29,30). The summed E-state index contributed by atoms with van der Waals surface area (Å²) in [6.07, 6.45) is -0.663. The van der Waals surface area contributed by atoms with Gasteiger partial charge in [0.25, 0.3) is 11.8 Å². The van der Waals surface area contributed by atoms with Gasteiger partial charge in [0.2, 0.25) is 0 Å². The van der Waals surface area contributed by atoms with E-state index in [4.69, 9.17) is 4.74 Å². The Hall–Kier alpha value is -3.60. The maximum Gasteiger partial charge on any atom is 0.265 e. The molecule has 5 heteroatoms. The van der Waals surface area contributed by atoms with Crippen LogP contribution in [0.2, 0.25) is 0 Å². The molecule has 1 unspecified atom stereocenters. The van der Waals surface area contributed by atoms with Gasteiger partial charge in [0, 0.05) is 17.8 Å². The van der Waals surface area contributed by atoms with Crippen LogP contribution in [0.3, 0.4) is 0 Å². The highest BCUT2D eigenvalue weighted by Crippen LogP contribution is 2.24. The lowest BCUT2D eigenvalue weighted by Gasteiger charge is -2.20. The minimum absolute atomic E-state index is 0.0616. The fraction of sp³-hybridized carbons (Fsp3) is 0.259. The molecule has 0 aliphatic carbocycles. The van der Waals surface area contributed by atoms with Crippen molar-refractivity contribution in [2.75, 3.05) is 5.32 Å². The molecule has 2 N–H and O–H groups in total. The van der Waals surface area contributed by atoms with E-state index >= 15 is 0 Å². The summed E-state index contributed by atoms with van der Waals surface area (Å²) in [5.74, 6) is 0.222. The molecule has 32 heavy (non-hydrogen) atoms. The van der Waals surface area contributed by atoms with E-state index < -0.39 is 6.10 Å². The molecule has 0 saturated heterocycles. The molecular weight excluding hydrogens is 400 g/mol. The molecule has 166 valence electrons.